The number of hydrogen-bond acceptors (Lipinski definition) is 5. The van der Waals surface area contributed by atoms with Crippen molar-refractivity contribution < 1.29 is 18.0 Å². The molecular weight excluding hydrogens is 270 g/mol. The van der Waals surface area contributed by atoms with Crippen molar-refractivity contribution in [2.24, 2.45) is 0 Å². The molecule has 2 rings (SSSR count). The SMILES string of the molecule is CNC(=O)CCN1C(=O)c2ccc(N)cc2S1(=O)=O. The minimum atomic E-state index is -3.90. The minimum absolute atomic E-state index is 0.0784. The third-order valence-electron chi connectivity index (χ3n) is 2.85. The Balaban J connectivity index is 2.35. The predicted octanol–water partition coefficient (Wildman–Crippen LogP) is -0.451. The molecule has 19 heavy (non-hydrogen) atoms. The topological polar surface area (TPSA) is 110 Å². The first-order valence-electron chi connectivity index (χ1n) is 5.55. The Hall–Kier alpha value is -2.09. The number of rotatable bonds is 3. The Morgan fingerprint density at radius 1 is 1.42 bits per heavy atom. The molecule has 1 aromatic rings. The van der Waals surface area contributed by atoms with E-state index in [2.05, 4.69) is 5.32 Å². The molecule has 0 atom stereocenters. The van der Waals surface area contributed by atoms with Gasteiger partial charge in [-0.3, -0.25) is 9.59 Å². The molecule has 1 aromatic carbocycles. The average Bonchev–Trinajstić information content (AvgIpc) is 2.55. The van der Waals surface area contributed by atoms with E-state index >= 15 is 0 Å². The van der Waals surface area contributed by atoms with Crippen molar-refractivity contribution >= 4 is 27.5 Å². The summed E-state index contributed by atoms with van der Waals surface area (Å²) in [5.74, 6) is -0.961. The third kappa shape index (κ3) is 2.14. The summed E-state index contributed by atoms with van der Waals surface area (Å²) in [6, 6.07) is 4.10. The van der Waals surface area contributed by atoms with Gasteiger partial charge in [0, 0.05) is 25.7 Å². The van der Waals surface area contributed by atoms with Crippen LogP contribution in [0, 0.1) is 0 Å². The normalized spacial score (nSPS) is 16.3. The van der Waals surface area contributed by atoms with Gasteiger partial charge in [-0.15, -0.1) is 0 Å². The van der Waals surface area contributed by atoms with Crippen molar-refractivity contribution in [1.29, 1.82) is 0 Å². The van der Waals surface area contributed by atoms with Gasteiger partial charge in [-0.1, -0.05) is 0 Å². The third-order valence-corrected chi connectivity index (χ3v) is 4.67. The fourth-order valence-electron chi connectivity index (χ4n) is 1.84. The molecule has 0 unspecified atom stereocenters. The zero-order valence-corrected chi connectivity index (χ0v) is 11.0. The first kappa shape index (κ1) is 13.3. The summed E-state index contributed by atoms with van der Waals surface area (Å²) in [4.78, 5) is 23.0. The number of sulfonamides is 1. The molecule has 0 saturated carbocycles. The molecule has 8 heteroatoms. The van der Waals surface area contributed by atoms with Gasteiger partial charge < -0.3 is 11.1 Å². The number of amides is 2. The molecule has 2 amide bonds. The van der Waals surface area contributed by atoms with E-state index in [1.165, 1.54) is 25.2 Å². The number of nitrogens with zero attached hydrogens (tertiary/aromatic N) is 1. The second-order valence-corrected chi connectivity index (χ2v) is 5.89. The van der Waals surface area contributed by atoms with Crippen molar-refractivity contribution in [3.63, 3.8) is 0 Å². The highest BCUT2D eigenvalue weighted by Crippen LogP contribution is 2.31. The molecule has 102 valence electrons. The van der Waals surface area contributed by atoms with Crippen molar-refractivity contribution in [2.75, 3.05) is 19.3 Å². The number of carbonyl (C=O) groups is 2. The standard InChI is InChI=1S/C11H13N3O4S/c1-13-10(15)4-5-14-11(16)8-3-2-7(12)6-9(8)19(14,17)18/h2-3,6H,4-5,12H2,1H3,(H,13,15). The molecule has 0 saturated heterocycles. The first-order chi connectivity index (χ1) is 8.87. The fraction of sp³-hybridized carbons (Fsp3) is 0.273. The fourth-order valence-corrected chi connectivity index (χ4v) is 3.45. The van der Waals surface area contributed by atoms with Crippen molar-refractivity contribution in [3.05, 3.63) is 23.8 Å². The molecule has 1 aliphatic heterocycles. The van der Waals surface area contributed by atoms with E-state index in [9.17, 15) is 18.0 Å². The van der Waals surface area contributed by atoms with Crippen LogP contribution in [0.2, 0.25) is 0 Å². The summed E-state index contributed by atoms with van der Waals surface area (Å²) in [7, 11) is -2.46. The number of fused-ring (bicyclic) bond motifs is 1. The second kappa shape index (κ2) is 4.54. The van der Waals surface area contributed by atoms with Crippen LogP contribution in [0.25, 0.3) is 0 Å². The van der Waals surface area contributed by atoms with Crippen LogP contribution in [-0.4, -0.2) is 38.1 Å². The van der Waals surface area contributed by atoms with Crippen LogP contribution in [-0.2, 0) is 14.8 Å². The van der Waals surface area contributed by atoms with Gasteiger partial charge in [-0.05, 0) is 18.2 Å². The highest BCUT2D eigenvalue weighted by atomic mass is 32.2. The van der Waals surface area contributed by atoms with E-state index in [1.54, 1.807) is 0 Å². The lowest BCUT2D eigenvalue weighted by atomic mass is 10.2. The predicted molar refractivity (Wildman–Crippen MR) is 67.8 cm³/mol. The van der Waals surface area contributed by atoms with Gasteiger partial charge >= 0.3 is 0 Å². The summed E-state index contributed by atoms with van der Waals surface area (Å²) in [5.41, 5.74) is 5.88. The van der Waals surface area contributed by atoms with Crippen molar-refractivity contribution in [1.82, 2.24) is 9.62 Å². The number of anilines is 1. The van der Waals surface area contributed by atoms with Gasteiger partial charge in [0.2, 0.25) is 5.91 Å². The lowest BCUT2D eigenvalue weighted by Crippen LogP contribution is -2.33. The lowest BCUT2D eigenvalue weighted by molar-refractivity contribution is -0.120. The van der Waals surface area contributed by atoms with E-state index in [-0.39, 0.29) is 35.0 Å². The quantitative estimate of drug-likeness (QED) is 0.730. The minimum Gasteiger partial charge on any atom is -0.399 e. The van der Waals surface area contributed by atoms with E-state index in [0.29, 0.717) is 4.31 Å². The molecule has 1 aliphatic rings. The molecule has 1 heterocycles. The maximum absolute atomic E-state index is 12.2. The molecule has 0 aromatic heterocycles. The van der Waals surface area contributed by atoms with Crippen LogP contribution in [0.3, 0.4) is 0 Å². The monoisotopic (exact) mass is 283 g/mol. The van der Waals surface area contributed by atoms with Crippen LogP contribution in [0.1, 0.15) is 16.8 Å². The van der Waals surface area contributed by atoms with Crippen molar-refractivity contribution in [3.8, 4) is 0 Å². The highest BCUT2D eigenvalue weighted by Gasteiger charge is 2.41. The van der Waals surface area contributed by atoms with Gasteiger partial charge in [0.25, 0.3) is 15.9 Å². The van der Waals surface area contributed by atoms with Gasteiger partial charge in [-0.2, -0.15) is 0 Å². The molecule has 0 aliphatic carbocycles. The lowest BCUT2D eigenvalue weighted by Gasteiger charge is -2.14. The molecular formula is C11H13N3O4S. The summed E-state index contributed by atoms with van der Waals surface area (Å²) in [6.07, 6.45) is -0.0784. The Bertz CT molecular complexity index is 654. The summed E-state index contributed by atoms with van der Waals surface area (Å²) >= 11 is 0. The van der Waals surface area contributed by atoms with Gasteiger partial charge in [-0.25, -0.2) is 12.7 Å². The number of benzene rings is 1. The Kier molecular flexibility index (Phi) is 3.19. The van der Waals surface area contributed by atoms with E-state index in [1.807, 2.05) is 0 Å². The zero-order valence-electron chi connectivity index (χ0n) is 10.2. The van der Waals surface area contributed by atoms with Gasteiger partial charge in [0.1, 0.15) is 4.90 Å². The van der Waals surface area contributed by atoms with Gasteiger partial charge in [0.05, 0.1) is 5.56 Å². The number of nitrogen functional groups attached to an aromatic ring is 1. The summed E-state index contributed by atoms with van der Waals surface area (Å²) < 4.78 is 25.0. The van der Waals surface area contributed by atoms with E-state index < -0.39 is 15.9 Å². The Morgan fingerprint density at radius 2 is 2.11 bits per heavy atom. The van der Waals surface area contributed by atoms with E-state index in [4.69, 9.17) is 5.73 Å². The van der Waals surface area contributed by atoms with Crippen LogP contribution in [0.15, 0.2) is 23.1 Å². The molecule has 0 radical (unpaired) electrons. The maximum atomic E-state index is 12.2. The summed E-state index contributed by atoms with van der Waals surface area (Å²) in [5, 5.41) is 2.37. The van der Waals surface area contributed by atoms with Crippen LogP contribution in [0.4, 0.5) is 5.69 Å². The van der Waals surface area contributed by atoms with Crippen LogP contribution in [0.5, 0.6) is 0 Å². The molecule has 0 fully saturated rings. The number of hydrogen-bond donors (Lipinski definition) is 2. The average molecular weight is 283 g/mol. The van der Waals surface area contributed by atoms with Crippen molar-refractivity contribution in [2.45, 2.75) is 11.3 Å². The highest BCUT2D eigenvalue weighted by molar-refractivity contribution is 7.90. The Labute approximate surface area is 110 Å². The molecule has 7 nitrogen and oxygen atoms in total. The van der Waals surface area contributed by atoms with Crippen LogP contribution < -0.4 is 11.1 Å². The maximum Gasteiger partial charge on any atom is 0.269 e. The first-order valence-corrected chi connectivity index (χ1v) is 6.99. The zero-order chi connectivity index (χ0) is 14.2. The van der Waals surface area contributed by atoms with E-state index in [0.717, 1.165) is 0 Å². The molecule has 0 bridgehead atoms. The summed E-state index contributed by atoms with van der Waals surface area (Å²) in [6.45, 7) is -0.185. The smallest absolute Gasteiger partial charge is 0.269 e. The Morgan fingerprint density at radius 3 is 2.74 bits per heavy atom. The largest absolute Gasteiger partial charge is 0.399 e. The van der Waals surface area contributed by atoms with Crippen LogP contribution >= 0.6 is 0 Å². The number of nitrogens with two attached hydrogens (primary N) is 1. The second-order valence-electron chi connectivity index (χ2n) is 4.06. The number of carbonyl (C=O) groups excluding carboxylic acids is 2. The van der Waals surface area contributed by atoms with Gasteiger partial charge in [0.15, 0.2) is 0 Å². The number of nitrogens with one attached hydrogen (secondary N) is 1. The molecule has 0 spiro atoms. The molecule has 3 N–H and O–H groups in total.